The first-order chi connectivity index (χ1) is 9.82. The van der Waals surface area contributed by atoms with Gasteiger partial charge in [0, 0.05) is 12.6 Å². The molecule has 0 heterocycles. The van der Waals surface area contributed by atoms with Gasteiger partial charge < -0.3 is 10.5 Å². The highest BCUT2D eigenvalue weighted by molar-refractivity contribution is 7.89. The summed E-state index contributed by atoms with van der Waals surface area (Å²) < 4.78 is 30.1. The second kappa shape index (κ2) is 7.22. The van der Waals surface area contributed by atoms with Gasteiger partial charge >= 0.3 is 5.97 Å². The van der Waals surface area contributed by atoms with Gasteiger partial charge in [0.2, 0.25) is 10.0 Å². The maximum atomic E-state index is 12.3. The zero-order valence-electron chi connectivity index (χ0n) is 12.2. The van der Waals surface area contributed by atoms with Gasteiger partial charge in [-0.3, -0.25) is 4.79 Å². The summed E-state index contributed by atoms with van der Waals surface area (Å²) in [5.41, 5.74) is 6.75. The molecule has 0 amide bonds. The predicted octanol–water partition coefficient (Wildman–Crippen LogP) is 0.0987. The van der Waals surface area contributed by atoms with Gasteiger partial charge in [0.1, 0.15) is 6.54 Å². The third kappa shape index (κ3) is 4.29. The topological polar surface area (TPSA) is 89.7 Å². The number of nitrogens with zero attached hydrogens (tertiary/aromatic N) is 1. The van der Waals surface area contributed by atoms with Crippen LogP contribution in [0.5, 0.6) is 0 Å². The number of aryl methyl sites for hydroxylation is 1. The van der Waals surface area contributed by atoms with E-state index in [2.05, 4.69) is 16.6 Å². The Labute approximate surface area is 124 Å². The number of ether oxygens (including phenoxy) is 1. The van der Waals surface area contributed by atoms with Gasteiger partial charge in [-0.2, -0.15) is 4.31 Å². The molecule has 0 aliphatic rings. The molecule has 1 rings (SSSR count). The van der Waals surface area contributed by atoms with Gasteiger partial charge in [0.05, 0.1) is 18.6 Å². The van der Waals surface area contributed by atoms with Crippen molar-refractivity contribution in [3.8, 4) is 11.8 Å². The van der Waals surface area contributed by atoms with E-state index in [9.17, 15) is 13.2 Å². The number of hydrogen-bond acceptors (Lipinski definition) is 5. The number of carbonyl (C=O) groups is 1. The van der Waals surface area contributed by atoms with E-state index in [0.717, 1.165) is 15.4 Å². The lowest BCUT2D eigenvalue weighted by Crippen LogP contribution is -2.32. The van der Waals surface area contributed by atoms with Crippen molar-refractivity contribution in [2.75, 3.05) is 27.2 Å². The first-order valence-electron chi connectivity index (χ1n) is 6.15. The molecule has 0 unspecified atom stereocenters. The summed E-state index contributed by atoms with van der Waals surface area (Å²) in [7, 11) is -1.21. The zero-order chi connectivity index (χ0) is 16.0. The monoisotopic (exact) mass is 310 g/mol. The van der Waals surface area contributed by atoms with Crippen LogP contribution in [0.1, 0.15) is 11.1 Å². The number of benzene rings is 1. The Morgan fingerprint density at radius 1 is 1.43 bits per heavy atom. The van der Waals surface area contributed by atoms with E-state index in [-0.39, 0.29) is 18.0 Å². The van der Waals surface area contributed by atoms with E-state index in [0.29, 0.717) is 0 Å². The van der Waals surface area contributed by atoms with Crippen molar-refractivity contribution in [2.24, 2.45) is 5.73 Å². The molecule has 0 aliphatic carbocycles. The molecular weight excluding hydrogens is 292 g/mol. The van der Waals surface area contributed by atoms with Gasteiger partial charge in [0.25, 0.3) is 0 Å². The van der Waals surface area contributed by atoms with E-state index in [1.165, 1.54) is 26.3 Å². The van der Waals surface area contributed by atoms with Crippen molar-refractivity contribution < 1.29 is 17.9 Å². The van der Waals surface area contributed by atoms with Crippen molar-refractivity contribution in [1.29, 1.82) is 0 Å². The molecule has 0 fully saturated rings. The molecule has 6 nitrogen and oxygen atoms in total. The molecule has 1 aromatic carbocycles. The fourth-order valence-corrected chi connectivity index (χ4v) is 2.80. The van der Waals surface area contributed by atoms with Gasteiger partial charge in [0.15, 0.2) is 0 Å². The smallest absolute Gasteiger partial charge is 0.321 e. The molecule has 1 aromatic rings. The Hall–Kier alpha value is -1.88. The van der Waals surface area contributed by atoms with Crippen LogP contribution in [-0.2, 0) is 19.6 Å². The SMILES string of the molecule is COC(=O)CN(C)S(=O)(=O)c1ccc(C#CCN)c(C)c1. The van der Waals surface area contributed by atoms with Gasteiger partial charge in [-0.15, -0.1) is 0 Å². The van der Waals surface area contributed by atoms with Crippen molar-refractivity contribution in [2.45, 2.75) is 11.8 Å². The summed E-state index contributed by atoms with van der Waals surface area (Å²) in [6.07, 6.45) is 0. The summed E-state index contributed by atoms with van der Waals surface area (Å²) in [4.78, 5) is 11.3. The second-order valence-corrected chi connectivity index (χ2v) is 6.36. The van der Waals surface area contributed by atoms with Gasteiger partial charge in [-0.05, 0) is 30.7 Å². The fourth-order valence-electron chi connectivity index (χ4n) is 1.59. The minimum absolute atomic E-state index is 0.102. The molecule has 7 heteroatoms. The average molecular weight is 310 g/mol. The second-order valence-electron chi connectivity index (χ2n) is 4.32. The number of methoxy groups -OCH3 is 1. The predicted molar refractivity (Wildman–Crippen MR) is 78.9 cm³/mol. The van der Waals surface area contributed by atoms with E-state index >= 15 is 0 Å². The zero-order valence-corrected chi connectivity index (χ0v) is 13.0. The summed E-state index contributed by atoms with van der Waals surface area (Å²) in [5.74, 6) is 4.96. The maximum absolute atomic E-state index is 12.3. The Bertz CT molecular complexity index is 687. The first kappa shape index (κ1) is 17.2. The molecule has 0 aliphatic heterocycles. The maximum Gasteiger partial charge on any atom is 0.321 e. The molecule has 0 radical (unpaired) electrons. The number of rotatable bonds is 4. The van der Waals surface area contributed by atoms with Crippen LogP contribution in [0.25, 0.3) is 0 Å². The highest BCUT2D eigenvalue weighted by Gasteiger charge is 2.23. The van der Waals surface area contributed by atoms with E-state index in [1.807, 2.05) is 0 Å². The summed E-state index contributed by atoms with van der Waals surface area (Å²) in [6, 6.07) is 4.59. The number of nitrogens with two attached hydrogens (primary N) is 1. The number of likely N-dealkylation sites (N-methyl/N-ethyl adjacent to an activating group) is 1. The molecule has 0 saturated heterocycles. The normalized spacial score (nSPS) is 10.9. The lowest BCUT2D eigenvalue weighted by molar-refractivity contribution is -0.140. The number of hydrogen-bond donors (Lipinski definition) is 1. The summed E-state index contributed by atoms with van der Waals surface area (Å²) >= 11 is 0. The van der Waals surface area contributed by atoms with Crippen LogP contribution in [0.4, 0.5) is 0 Å². The van der Waals surface area contributed by atoms with Crippen LogP contribution in [0.3, 0.4) is 0 Å². The highest BCUT2D eigenvalue weighted by Crippen LogP contribution is 2.18. The molecular formula is C14H18N2O4S. The molecule has 0 spiro atoms. The lowest BCUT2D eigenvalue weighted by Gasteiger charge is -2.16. The minimum Gasteiger partial charge on any atom is -0.468 e. The van der Waals surface area contributed by atoms with Crippen LogP contribution in [0, 0.1) is 18.8 Å². The molecule has 2 N–H and O–H groups in total. The standard InChI is InChI=1S/C14H18N2O4S/c1-11-9-13(7-6-12(11)5-4-8-15)21(18,19)16(2)10-14(17)20-3/h6-7,9H,8,10,15H2,1-3H3. The van der Waals surface area contributed by atoms with Gasteiger partial charge in [-0.25, -0.2) is 8.42 Å². The van der Waals surface area contributed by atoms with E-state index < -0.39 is 16.0 Å². The first-order valence-corrected chi connectivity index (χ1v) is 7.59. The Balaban J connectivity index is 3.10. The third-order valence-corrected chi connectivity index (χ3v) is 4.61. The van der Waals surface area contributed by atoms with Crippen LogP contribution >= 0.6 is 0 Å². The molecule has 0 saturated carbocycles. The van der Waals surface area contributed by atoms with Crippen molar-refractivity contribution >= 4 is 16.0 Å². The summed E-state index contributed by atoms with van der Waals surface area (Å²) in [5, 5.41) is 0. The van der Waals surface area contributed by atoms with Crippen molar-refractivity contribution in [3.05, 3.63) is 29.3 Å². The third-order valence-electron chi connectivity index (χ3n) is 2.81. The Morgan fingerprint density at radius 2 is 2.10 bits per heavy atom. The average Bonchev–Trinajstić information content (AvgIpc) is 2.45. The number of carbonyl (C=O) groups excluding carboxylic acids is 1. The van der Waals surface area contributed by atoms with Crippen LogP contribution in [0.15, 0.2) is 23.1 Å². The molecule has 21 heavy (non-hydrogen) atoms. The Morgan fingerprint density at radius 3 is 2.62 bits per heavy atom. The van der Waals surface area contributed by atoms with Crippen molar-refractivity contribution in [1.82, 2.24) is 4.31 Å². The largest absolute Gasteiger partial charge is 0.468 e. The molecule has 0 bridgehead atoms. The van der Waals surface area contributed by atoms with Crippen LogP contribution < -0.4 is 5.73 Å². The fraction of sp³-hybridized carbons (Fsp3) is 0.357. The van der Waals surface area contributed by atoms with Crippen LogP contribution in [0.2, 0.25) is 0 Å². The van der Waals surface area contributed by atoms with E-state index in [4.69, 9.17) is 5.73 Å². The molecule has 114 valence electrons. The number of esters is 1. The Kier molecular flexibility index (Phi) is 5.90. The summed E-state index contributed by atoms with van der Waals surface area (Å²) in [6.45, 7) is 1.66. The van der Waals surface area contributed by atoms with Crippen molar-refractivity contribution in [3.63, 3.8) is 0 Å². The highest BCUT2D eigenvalue weighted by atomic mass is 32.2. The number of sulfonamides is 1. The lowest BCUT2D eigenvalue weighted by atomic mass is 10.1. The van der Waals surface area contributed by atoms with E-state index in [1.54, 1.807) is 13.0 Å². The quantitative estimate of drug-likeness (QED) is 0.629. The van der Waals surface area contributed by atoms with Gasteiger partial charge in [-0.1, -0.05) is 11.8 Å². The van der Waals surface area contributed by atoms with Crippen LogP contribution in [-0.4, -0.2) is 45.9 Å². The molecule has 0 atom stereocenters. The minimum atomic E-state index is -3.74. The molecule has 0 aromatic heterocycles.